The maximum atomic E-state index is 13.1. The Morgan fingerprint density at radius 3 is 2.69 bits per heavy atom. The van der Waals surface area contributed by atoms with Gasteiger partial charge in [0.2, 0.25) is 0 Å². The molecule has 0 aliphatic carbocycles. The molecule has 4 rings (SSSR count). The molecule has 2 atom stereocenters. The van der Waals surface area contributed by atoms with Crippen LogP contribution in [-0.4, -0.2) is 65.0 Å². The second kappa shape index (κ2) is 8.22. The smallest absolute Gasteiger partial charge is 0.394 e. The second-order valence-electron chi connectivity index (χ2n) is 7.34. The molecule has 3 N–H and O–H groups in total. The largest absolute Gasteiger partial charge is 0.410 e. The average molecular weight is 454 g/mol. The minimum atomic E-state index is -4.84. The molecule has 9 nitrogen and oxygen atoms in total. The number of pyridine rings is 2. The molecule has 32 heavy (non-hydrogen) atoms. The van der Waals surface area contributed by atoms with Crippen molar-refractivity contribution in [3.8, 4) is 0 Å². The van der Waals surface area contributed by atoms with Crippen molar-refractivity contribution < 1.29 is 32.3 Å². The number of fused-ring (bicyclic) bond motifs is 4. The van der Waals surface area contributed by atoms with E-state index in [0.717, 1.165) is 12.3 Å². The zero-order valence-electron chi connectivity index (χ0n) is 16.4. The Balaban J connectivity index is 1.62. The normalized spacial score (nSPS) is 18.2. The lowest BCUT2D eigenvalue weighted by Gasteiger charge is -2.35. The molecule has 170 valence electrons. The minimum Gasteiger partial charge on any atom is -0.394 e. The first-order valence-electron chi connectivity index (χ1n) is 9.63. The quantitative estimate of drug-likeness (QED) is 0.609. The van der Waals surface area contributed by atoms with Gasteiger partial charge in [0.15, 0.2) is 5.82 Å². The number of alkyl halides is 3. The van der Waals surface area contributed by atoms with Gasteiger partial charge in [0, 0.05) is 13.1 Å². The van der Waals surface area contributed by atoms with E-state index in [-0.39, 0.29) is 23.4 Å². The fourth-order valence-electron chi connectivity index (χ4n) is 3.68. The summed E-state index contributed by atoms with van der Waals surface area (Å²) >= 11 is 0. The van der Waals surface area contributed by atoms with E-state index >= 15 is 0 Å². The van der Waals surface area contributed by atoms with E-state index in [9.17, 15) is 27.2 Å². The Bertz CT molecular complexity index is 1030. The molecule has 1 fully saturated rings. The van der Waals surface area contributed by atoms with Crippen LogP contribution < -0.4 is 20.4 Å². The molecule has 0 aromatic carbocycles. The van der Waals surface area contributed by atoms with Gasteiger partial charge in [-0.05, 0) is 30.7 Å². The summed E-state index contributed by atoms with van der Waals surface area (Å²) in [6.45, 7) is -0.176. The molecule has 3 amide bonds. The van der Waals surface area contributed by atoms with Crippen LogP contribution in [0.2, 0.25) is 0 Å². The van der Waals surface area contributed by atoms with Crippen LogP contribution in [0.1, 0.15) is 16.9 Å². The van der Waals surface area contributed by atoms with E-state index in [2.05, 4.69) is 15.3 Å². The molecule has 1 saturated heterocycles. The van der Waals surface area contributed by atoms with Gasteiger partial charge in [-0.15, -0.1) is 0 Å². The highest BCUT2D eigenvalue weighted by molar-refractivity contribution is 6.05. The van der Waals surface area contributed by atoms with Crippen molar-refractivity contribution in [3.63, 3.8) is 0 Å². The number of aliphatic hydroxyl groups excluding tert-OH is 1. The molecular formula is C19H18F4N6O3. The van der Waals surface area contributed by atoms with E-state index in [1.54, 1.807) is 5.32 Å². The highest BCUT2D eigenvalue weighted by Gasteiger charge is 2.42. The first-order chi connectivity index (χ1) is 15.2. The van der Waals surface area contributed by atoms with Crippen LogP contribution in [0.25, 0.3) is 0 Å². The maximum Gasteiger partial charge on any atom is 0.410 e. The van der Waals surface area contributed by atoms with Crippen molar-refractivity contribution in [2.24, 2.45) is 0 Å². The van der Waals surface area contributed by atoms with Crippen molar-refractivity contribution in [2.45, 2.75) is 24.7 Å². The van der Waals surface area contributed by atoms with E-state index in [0.29, 0.717) is 25.2 Å². The van der Waals surface area contributed by atoms with Crippen LogP contribution in [0.3, 0.4) is 0 Å². The van der Waals surface area contributed by atoms with E-state index in [1.807, 2.05) is 4.90 Å². The van der Waals surface area contributed by atoms with Crippen molar-refractivity contribution in [1.29, 1.82) is 0 Å². The van der Waals surface area contributed by atoms with Gasteiger partial charge in [0.1, 0.15) is 23.4 Å². The van der Waals surface area contributed by atoms with Crippen molar-refractivity contribution in [2.75, 3.05) is 34.8 Å². The summed E-state index contributed by atoms with van der Waals surface area (Å²) in [4.78, 5) is 36.6. The van der Waals surface area contributed by atoms with Crippen LogP contribution in [0.4, 0.5) is 39.7 Å². The Labute approximate surface area is 179 Å². The third kappa shape index (κ3) is 4.15. The average Bonchev–Trinajstić information content (AvgIpc) is 3.16. The van der Waals surface area contributed by atoms with Crippen LogP contribution >= 0.6 is 0 Å². The molecule has 2 aromatic heterocycles. The Morgan fingerprint density at radius 2 is 2.03 bits per heavy atom. The number of urea groups is 1. The highest BCUT2D eigenvalue weighted by atomic mass is 19.4. The molecule has 0 unspecified atom stereocenters. The number of halogens is 4. The molecule has 13 heteroatoms. The van der Waals surface area contributed by atoms with Crippen LogP contribution in [-0.2, 0) is 0 Å². The third-order valence-electron chi connectivity index (χ3n) is 5.25. The zero-order chi connectivity index (χ0) is 23.0. The monoisotopic (exact) mass is 454 g/mol. The molecule has 0 spiro atoms. The van der Waals surface area contributed by atoms with Gasteiger partial charge in [-0.1, -0.05) is 0 Å². The molecule has 0 radical (unpaired) electrons. The number of aromatic nitrogens is 2. The summed E-state index contributed by atoms with van der Waals surface area (Å²) in [5, 5.41) is 13.2. The van der Waals surface area contributed by atoms with Gasteiger partial charge in [-0.3, -0.25) is 15.0 Å². The predicted octanol–water partition coefficient (Wildman–Crippen LogP) is 1.90. The molecule has 2 bridgehead atoms. The summed E-state index contributed by atoms with van der Waals surface area (Å²) in [6.07, 6.45) is -3.28. The number of amides is 3. The number of hydrogen-bond acceptors (Lipinski definition) is 6. The van der Waals surface area contributed by atoms with Gasteiger partial charge in [-0.2, -0.15) is 13.2 Å². The summed E-state index contributed by atoms with van der Waals surface area (Å²) in [6, 6.07) is 1.83. The van der Waals surface area contributed by atoms with E-state index < -0.39 is 36.6 Å². The number of nitrogens with zero attached hydrogens (tertiary/aromatic N) is 4. The number of carbonyl (C=O) groups excluding carboxylic acids is 2. The number of nitrogens with one attached hydrogen (secondary N) is 2. The molecule has 2 aliphatic rings. The Kier molecular flexibility index (Phi) is 5.59. The van der Waals surface area contributed by atoms with E-state index in [1.165, 1.54) is 23.1 Å². The lowest BCUT2D eigenvalue weighted by atomic mass is 10.1. The molecule has 2 aromatic rings. The molecule has 2 aliphatic heterocycles. The van der Waals surface area contributed by atoms with Gasteiger partial charge < -0.3 is 15.3 Å². The predicted molar refractivity (Wildman–Crippen MR) is 105 cm³/mol. The number of aliphatic hydroxyl groups is 1. The number of rotatable bonds is 4. The summed E-state index contributed by atoms with van der Waals surface area (Å²) in [5.41, 5.74) is 0.207. The van der Waals surface area contributed by atoms with Crippen molar-refractivity contribution in [1.82, 2.24) is 15.3 Å². The van der Waals surface area contributed by atoms with Crippen LogP contribution in [0.15, 0.2) is 30.5 Å². The maximum absolute atomic E-state index is 13.1. The third-order valence-corrected chi connectivity index (χ3v) is 5.25. The SMILES string of the molecule is O=C(N[C@H](CO)C(F)(F)F)c1ccc2c(n1)N(C(=O)Nc1ccc(F)cn1)[C@H]1CCN2C1. The standard InChI is InChI=1S/C19H18F4N6O3/c20-10-1-4-15(24-7-10)27-18(32)29-11-5-6-28(8-11)13-3-2-12(25-16(13)29)17(31)26-14(9-30)19(21,22)23/h1-4,7,11,14,30H,5-6,8-9H2,(H,26,31)(H,24,27,32)/t11-,14+/m0/s1. The minimum absolute atomic E-state index is 0.100. The van der Waals surface area contributed by atoms with Crippen LogP contribution in [0.5, 0.6) is 0 Å². The summed E-state index contributed by atoms with van der Waals surface area (Å²) in [7, 11) is 0. The Morgan fingerprint density at radius 1 is 1.25 bits per heavy atom. The topological polar surface area (TPSA) is 111 Å². The van der Waals surface area contributed by atoms with Crippen molar-refractivity contribution in [3.05, 3.63) is 42.0 Å². The molecule has 0 saturated carbocycles. The Hall–Kier alpha value is -3.48. The summed E-state index contributed by atoms with van der Waals surface area (Å²) in [5.74, 6) is -1.51. The summed E-state index contributed by atoms with van der Waals surface area (Å²) < 4.78 is 51.7. The molecule has 4 heterocycles. The number of hydrogen-bond donors (Lipinski definition) is 3. The van der Waals surface area contributed by atoms with Gasteiger partial charge >= 0.3 is 12.2 Å². The number of carbonyl (C=O) groups is 2. The van der Waals surface area contributed by atoms with Gasteiger partial charge in [0.05, 0.1) is 24.5 Å². The zero-order valence-corrected chi connectivity index (χ0v) is 16.4. The lowest BCUT2D eigenvalue weighted by molar-refractivity contribution is -0.161. The number of anilines is 3. The fraction of sp³-hybridized carbons (Fsp3) is 0.368. The fourth-order valence-corrected chi connectivity index (χ4v) is 3.68. The lowest BCUT2D eigenvalue weighted by Crippen LogP contribution is -2.49. The van der Waals surface area contributed by atoms with Crippen LogP contribution in [0, 0.1) is 5.82 Å². The van der Waals surface area contributed by atoms with Gasteiger partial charge in [-0.25, -0.2) is 19.2 Å². The second-order valence-corrected chi connectivity index (χ2v) is 7.34. The first-order valence-corrected chi connectivity index (χ1v) is 9.63. The van der Waals surface area contributed by atoms with Gasteiger partial charge in [0.25, 0.3) is 5.91 Å². The highest BCUT2D eigenvalue weighted by Crippen LogP contribution is 2.39. The molecular weight excluding hydrogens is 436 g/mol. The van der Waals surface area contributed by atoms with Crippen molar-refractivity contribution >= 4 is 29.3 Å². The van der Waals surface area contributed by atoms with E-state index in [4.69, 9.17) is 5.11 Å². The first kappa shape index (κ1) is 21.7.